The maximum atomic E-state index is 11.7. The molecule has 20 heavy (non-hydrogen) atoms. The summed E-state index contributed by atoms with van der Waals surface area (Å²) in [6, 6.07) is 0. The highest BCUT2D eigenvalue weighted by Gasteiger charge is 2.29. The van der Waals surface area contributed by atoms with E-state index in [1.165, 1.54) is 6.26 Å². The van der Waals surface area contributed by atoms with Crippen LogP contribution in [-0.4, -0.2) is 53.2 Å². The van der Waals surface area contributed by atoms with Gasteiger partial charge >= 0.3 is 0 Å². The summed E-state index contributed by atoms with van der Waals surface area (Å²) < 4.78 is 23.5. The van der Waals surface area contributed by atoms with Crippen LogP contribution in [0.15, 0.2) is 6.20 Å². The topological polar surface area (TPSA) is 118 Å². The molecule has 0 saturated carbocycles. The predicted molar refractivity (Wildman–Crippen MR) is 76.2 cm³/mol. The molecule has 1 fully saturated rings. The van der Waals surface area contributed by atoms with Crippen LogP contribution in [0.1, 0.15) is 12.8 Å². The Labute approximate surface area is 116 Å². The first-order valence-electron chi connectivity index (χ1n) is 6.35. The number of sulfone groups is 1. The summed E-state index contributed by atoms with van der Waals surface area (Å²) in [5.41, 5.74) is 6.26. The lowest BCUT2D eigenvalue weighted by atomic mass is 10.1. The minimum Gasteiger partial charge on any atom is -0.368 e. The molecule has 2 aromatic rings. The lowest BCUT2D eigenvalue weighted by molar-refractivity contribution is 0.534. The molecule has 0 amide bonds. The van der Waals surface area contributed by atoms with E-state index in [0.717, 1.165) is 18.4 Å². The molecular formula is C11H16N6O2S. The molecule has 3 rings (SSSR count). The van der Waals surface area contributed by atoms with E-state index in [0.29, 0.717) is 24.4 Å². The fraction of sp³-hybridized carbons (Fsp3) is 0.545. The van der Waals surface area contributed by atoms with E-state index in [9.17, 15) is 8.42 Å². The molecule has 0 spiro atoms. The number of hydrogen-bond acceptors (Lipinski definition) is 7. The maximum absolute atomic E-state index is 11.7. The quantitative estimate of drug-likeness (QED) is 0.797. The smallest absolute Gasteiger partial charge is 0.224 e. The zero-order chi connectivity index (χ0) is 14.3. The van der Waals surface area contributed by atoms with Gasteiger partial charge in [0, 0.05) is 19.3 Å². The van der Waals surface area contributed by atoms with Crippen LogP contribution in [0.3, 0.4) is 0 Å². The molecule has 0 bridgehead atoms. The molecule has 9 heteroatoms. The highest BCUT2D eigenvalue weighted by molar-refractivity contribution is 7.91. The number of nitrogen functional groups attached to an aromatic ring is 1. The standard InChI is InChI=1S/C11H16N6O2S/c1-20(18,19)7-3-2-4-17(6-7)10-8-5-13-16-9(8)14-11(12)15-10/h5,7H,2-4,6H2,1H3,(H3,12,13,14,15,16). The molecule has 1 aliphatic heterocycles. The van der Waals surface area contributed by atoms with Crippen molar-refractivity contribution in [2.75, 3.05) is 30.0 Å². The molecule has 8 nitrogen and oxygen atoms in total. The second kappa shape index (κ2) is 4.58. The summed E-state index contributed by atoms with van der Waals surface area (Å²) in [5, 5.41) is 7.08. The number of fused-ring (bicyclic) bond motifs is 1. The highest BCUT2D eigenvalue weighted by atomic mass is 32.2. The number of nitrogens with one attached hydrogen (secondary N) is 1. The molecule has 1 atom stereocenters. The fourth-order valence-corrected chi connectivity index (χ4v) is 3.60. The van der Waals surface area contributed by atoms with Crippen molar-refractivity contribution in [2.45, 2.75) is 18.1 Å². The zero-order valence-corrected chi connectivity index (χ0v) is 11.9. The Kier molecular flexibility index (Phi) is 3.00. The Morgan fingerprint density at radius 3 is 3.00 bits per heavy atom. The Balaban J connectivity index is 2.00. The normalized spacial score (nSPS) is 20.4. The van der Waals surface area contributed by atoms with Gasteiger partial charge in [0.15, 0.2) is 15.5 Å². The molecule has 1 unspecified atom stereocenters. The third-order valence-electron chi connectivity index (χ3n) is 3.59. The lowest BCUT2D eigenvalue weighted by Crippen LogP contribution is -2.42. The van der Waals surface area contributed by atoms with E-state index in [1.54, 1.807) is 6.20 Å². The lowest BCUT2D eigenvalue weighted by Gasteiger charge is -2.32. The van der Waals surface area contributed by atoms with Gasteiger partial charge in [-0.3, -0.25) is 5.10 Å². The van der Waals surface area contributed by atoms with E-state index in [4.69, 9.17) is 5.73 Å². The third kappa shape index (κ3) is 2.28. The van der Waals surface area contributed by atoms with E-state index < -0.39 is 9.84 Å². The first-order chi connectivity index (χ1) is 9.45. The van der Waals surface area contributed by atoms with Crippen LogP contribution >= 0.6 is 0 Å². The molecule has 2 aromatic heterocycles. The van der Waals surface area contributed by atoms with Crippen LogP contribution in [0.4, 0.5) is 11.8 Å². The molecular weight excluding hydrogens is 280 g/mol. The second-order valence-corrected chi connectivity index (χ2v) is 7.40. The molecule has 108 valence electrons. The van der Waals surface area contributed by atoms with Gasteiger partial charge in [0.1, 0.15) is 5.82 Å². The van der Waals surface area contributed by atoms with E-state index in [1.807, 2.05) is 4.90 Å². The second-order valence-electron chi connectivity index (χ2n) is 5.08. The van der Waals surface area contributed by atoms with Crippen LogP contribution in [-0.2, 0) is 9.84 Å². The molecule has 3 N–H and O–H groups in total. The van der Waals surface area contributed by atoms with Crippen LogP contribution in [0.2, 0.25) is 0 Å². The average Bonchev–Trinajstić information content (AvgIpc) is 2.85. The van der Waals surface area contributed by atoms with Gasteiger partial charge in [-0.2, -0.15) is 15.1 Å². The van der Waals surface area contributed by atoms with Crippen LogP contribution in [0.5, 0.6) is 0 Å². The minimum absolute atomic E-state index is 0.151. The van der Waals surface area contributed by atoms with E-state index in [2.05, 4.69) is 20.2 Å². The van der Waals surface area contributed by atoms with Crippen molar-refractivity contribution in [3.05, 3.63) is 6.20 Å². The summed E-state index contributed by atoms with van der Waals surface area (Å²) in [6.45, 7) is 1.18. The van der Waals surface area contributed by atoms with Gasteiger partial charge < -0.3 is 10.6 Å². The van der Waals surface area contributed by atoms with Crippen molar-refractivity contribution in [1.29, 1.82) is 0 Å². The largest absolute Gasteiger partial charge is 0.368 e. The van der Waals surface area contributed by atoms with Gasteiger partial charge in [0.05, 0.1) is 16.8 Å². The monoisotopic (exact) mass is 296 g/mol. The van der Waals surface area contributed by atoms with Gasteiger partial charge in [-0.15, -0.1) is 0 Å². The molecule has 1 saturated heterocycles. The number of nitrogens with two attached hydrogens (primary N) is 1. The SMILES string of the molecule is CS(=O)(=O)C1CCCN(c2nc(N)nc3[nH]ncc23)C1. The Morgan fingerprint density at radius 1 is 1.45 bits per heavy atom. The van der Waals surface area contributed by atoms with Crippen molar-refractivity contribution in [3.63, 3.8) is 0 Å². The number of rotatable bonds is 2. The highest BCUT2D eigenvalue weighted by Crippen LogP contribution is 2.27. The van der Waals surface area contributed by atoms with E-state index >= 15 is 0 Å². The molecule has 0 aliphatic carbocycles. The van der Waals surface area contributed by atoms with Crippen LogP contribution < -0.4 is 10.6 Å². The number of nitrogens with zero attached hydrogens (tertiary/aromatic N) is 4. The van der Waals surface area contributed by atoms with E-state index in [-0.39, 0.29) is 11.2 Å². The zero-order valence-electron chi connectivity index (χ0n) is 11.1. The summed E-state index contributed by atoms with van der Waals surface area (Å²) in [5.74, 6) is 0.799. The van der Waals surface area contributed by atoms with Crippen molar-refractivity contribution in [3.8, 4) is 0 Å². The number of H-pyrrole nitrogens is 1. The minimum atomic E-state index is -3.06. The number of aromatic nitrogens is 4. The number of aromatic amines is 1. The van der Waals surface area contributed by atoms with Gasteiger partial charge in [0.25, 0.3) is 0 Å². The van der Waals surface area contributed by atoms with Gasteiger partial charge in [-0.05, 0) is 12.8 Å². The molecule has 3 heterocycles. The van der Waals surface area contributed by atoms with Crippen molar-refractivity contribution in [2.24, 2.45) is 0 Å². The summed E-state index contributed by atoms with van der Waals surface area (Å²) >= 11 is 0. The van der Waals surface area contributed by atoms with Gasteiger partial charge in [-0.1, -0.05) is 0 Å². The fourth-order valence-electron chi connectivity index (χ4n) is 2.56. The third-order valence-corrected chi connectivity index (χ3v) is 5.19. The molecule has 1 aliphatic rings. The summed E-state index contributed by atoms with van der Waals surface area (Å²) in [4.78, 5) is 10.3. The first-order valence-corrected chi connectivity index (χ1v) is 8.31. The van der Waals surface area contributed by atoms with Crippen LogP contribution in [0, 0.1) is 0 Å². The maximum Gasteiger partial charge on any atom is 0.224 e. The summed E-state index contributed by atoms with van der Waals surface area (Å²) in [7, 11) is -3.06. The summed E-state index contributed by atoms with van der Waals surface area (Å²) in [6.07, 6.45) is 4.41. The van der Waals surface area contributed by atoms with Gasteiger partial charge in [-0.25, -0.2) is 8.42 Å². The van der Waals surface area contributed by atoms with Crippen molar-refractivity contribution < 1.29 is 8.42 Å². The van der Waals surface area contributed by atoms with Crippen molar-refractivity contribution in [1.82, 2.24) is 20.2 Å². The Hall–Kier alpha value is -1.90. The Morgan fingerprint density at radius 2 is 2.25 bits per heavy atom. The molecule has 0 radical (unpaired) electrons. The molecule has 0 aromatic carbocycles. The number of piperidine rings is 1. The Bertz CT molecular complexity index is 740. The first kappa shape index (κ1) is 13.1. The van der Waals surface area contributed by atoms with Gasteiger partial charge in [0.2, 0.25) is 5.95 Å². The number of anilines is 2. The predicted octanol–water partition coefficient (Wildman–Crippen LogP) is -0.0515. The van der Waals surface area contributed by atoms with Crippen molar-refractivity contribution >= 4 is 32.6 Å². The average molecular weight is 296 g/mol. The number of hydrogen-bond donors (Lipinski definition) is 2. The van der Waals surface area contributed by atoms with Crippen LogP contribution in [0.25, 0.3) is 11.0 Å².